The lowest BCUT2D eigenvalue weighted by Crippen LogP contribution is -2.47. The van der Waals surface area contributed by atoms with Crippen LogP contribution in [0.2, 0.25) is 0 Å². The van der Waals surface area contributed by atoms with Gasteiger partial charge in [0, 0.05) is 41.0 Å². The van der Waals surface area contributed by atoms with Crippen molar-refractivity contribution in [3.05, 3.63) is 47.4 Å². The number of aryl methyl sites for hydroxylation is 1. The van der Waals surface area contributed by atoms with Crippen LogP contribution >= 0.6 is 0 Å². The Bertz CT molecular complexity index is 2210. The maximum Gasteiger partial charge on any atom is 0.307 e. The Hall–Kier alpha value is -3.67. The third-order valence-electron chi connectivity index (χ3n) is 15.2. The van der Waals surface area contributed by atoms with E-state index in [-0.39, 0.29) is 55.2 Å². The normalized spacial score (nSPS) is 32.2. The fourth-order valence-electron chi connectivity index (χ4n) is 10.8. The summed E-state index contributed by atoms with van der Waals surface area (Å²) in [5.41, 5.74) is -0.722. The number of carbonyl (C=O) groups excluding carboxylic acids is 4. The number of pyridine rings is 1. The molecule has 0 radical (unpaired) electrons. The number of hydrogen-bond acceptors (Lipinski definition) is 9. The summed E-state index contributed by atoms with van der Waals surface area (Å²) in [6.45, 7) is 3.79. The van der Waals surface area contributed by atoms with Crippen molar-refractivity contribution in [2.24, 2.45) is 17.3 Å². The summed E-state index contributed by atoms with van der Waals surface area (Å²) in [7, 11) is -3.71. The van der Waals surface area contributed by atoms with Crippen LogP contribution in [-0.2, 0) is 40.2 Å². The number of rotatable bonds is 8. The predicted octanol–water partition coefficient (Wildman–Crippen LogP) is 8.21. The van der Waals surface area contributed by atoms with Crippen LogP contribution in [0.15, 0.2) is 30.4 Å². The number of ketones is 2. The molecule has 318 valence electrons. The molecule has 0 N–H and O–H groups in total. The topological polar surface area (TPSA) is 137 Å². The number of allylic oxidation sites excluding steroid dienone is 2. The summed E-state index contributed by atoms with van der Waals surface area (Å²) in [6.07, 6.45) is 16.6. The van der Waals surface area contributed by atoms with Gasteiger partial charge in [0.15, 0.2) is 21.4 Å². The molecule has 4 heterocycles. The number of ether oxygens (including phenoxy) is 2. The molecule has 4 aliphatic carbocycles. The van der Waals surface area contributed by atoms with Gasteiger partial charge in [-0.15, -0.1) is 0 Å². The van der Waals surface area contributed by atoms with Crippen molar-refractivity contribution in [1.82, 2.24) is 9.88 Å². The predicted molar refractivity (Wildman–Crippen MR) is 220 cm³/mol. The molecule has 12 heteroatoms. The molecule has 9 rings (SSSR count). The second kappa shape index (κ2) is 15.0. The van der Waals surface area contributed by atoms with E-state index in [2.05, 4.69) is 6.08 Å². The molecule has 7 aliphatic rings. The highest BCUT2D eigenvalue weighted by molar-refractivity contribution is 7.93. The largest absolute Gasteiger partial charge is 0.483 e. The number of amides is 1. The first-order chi connectivity index (χ1) is 28.1. The van der Waals surface area contributed by atoms with E-state index in [0.717, 1.165) is 81.9 Å². The maximum absolute atomic E-state index is 15.2. The van der Waals surface area contributed by atoms with Gasteiger partial charge < -0.3 is 14.4 Å². The van der Waals surface area contributed by atoms with Gasteiger partial charge in [-0.2, -0.15) is 0 Å². The molecule has 10 nitrogen and oxygen atoms in total. The molecule has 1 aromatic heterocycles. The number of Topliss-reactive ketones (excluding diaryl/α,β-unsaturated/α-hetero) is 2. The van der Waals surface area contributed by atoms with E-state index in [1.54, 1.807) is 17.9 Å². The number of hydrogen-bond donors (Lipinski definition) is 0. The number of sulfone groups is 1. The highest BCUT2D eigenvalue weighted by atomic mass is 32.2. The van der Waals surface area contributed by atoms with Crippen molar-refractivity contribution in [3.63, 3.8) is 0 Å². The highest BCUT2D eigenvalue weighted by Gasteiger charge is 2.63. The lowest BCUT2D eigenvalue weighted by atomic mass is 9.84. The zero-order chi connectivity index (χ0) is 41.4. The van der Waals surface area contributed by atoms with Crippen LogP contribution in [0.25, 0.3) is 10.9 Å². The Balaban J connectivity index is 1.05. The molecule has 0 bridgehead atoms. The van der Waals surface area contributed by atoms with Crippen LogP contribution in [0.3, 0.4) is 0 Å². The summed E-state index contributed by atoms with van der Waals surface area (Å²) in [5, 5.41) is 0.702. The maximum atomic E-state index is 15.2. The van der Waals surface area contributed by atoms with E-state index in [1.807, 2.05) is 19.1 Å². The first-order valence-corrected chi connectivity index (χ1v) is 24.1. The Morgan fingerprint density at radius 1 is 0.966 bits per heavy atom. The number of esters is 1. The van der Waals surface area contributed by atoms with Gasteiger partial charge in [-0.05, 0) is 116 Å². The van der Waals surface area contributed by atoms with Crippen molar-refractivity contribution in [3.8, 4) is 5.75 Å². The minimum atomic E-state index is -3.71. The number of nitrogens with zero attached hydrogens (tertiary/aromatic N) is 2. The van der Waals surface area contributed by atoms with E-state index >= 15 is 9.18 Å². The van der Waals surface area contributed by atoms with Crippen molar-refractivity contribution in [1.29, 1.82) is 0 Å². The number of para-hydroxylation sites is 1. The Morgan fingerprint density at radius 2 is 1.73 bits per heavy atom. The van der Waals surface area contributed by atoms with E-state index in [0.29, 0.717) is 55.2 Å². The van der Waals surface area contributed by atoms with Gasteiger partial charge >= 0.3 is 5.97 Å². The van der Waals surface area contributed by atoms with E-state index in [4.69, 9.17) is 14.5 Å². The van der Waals surface area contributed by atoms with E-state index in [9.17, 15) is 22.8 Å². The summed E-state index contributed by atoms with van der Waals surface area (Å²) in [6, 6.07) is 4.03. The van der Waals surface area contributed by atoms with E-state index in [1.165, 1.54) is 6.07 Å². The number of fused-ring (bicyclic) bond motifs is 5. The number of benzene rings is 1. The number of carbonyl (C=O) groups is 4. The molecule has 1 saturated heterocycles. The van der Waals surface area contributed by atoms with Crippen LogP contribution < -0.4 is 4.74 Å². The van der Waals surface area contributed by atoms with Gasteiger partial charge in [0.1, 0.15) is 34.0 Å². The van der Waals surface area contributed by atoms with Gasteiger partial charge in [-0.1, -0.05) is 43.5 Å². The van der Waals surface area contributed by atoms with Gasteiger partial charge in [0.05, 0.1) is 29.4 Å². The fourth-order valence-corrected chi connectivity index (χ4v) is 12.5. The molecule has 0 unspecified atom stereocenters. The van der Waals surface area contributed by atoms with Gasteiger partial charge in [-0.3, -0.25) is 19.2 Å². The Labute approximate surface area is 347 Å². The van der Waals surface area contributed by atoms with Gasteiger partial charge in [-0.25, -0.2) is 17.8 Å². The summed E-state index contributed by atoms with van der Waals surface area (Å²) >= 11 is 0. The summed E-state index contributed by atoms with van der Waals surface area (Å²) in [5.74, 6) is -2.56. The first-order valence-electron chi connectivity index (χ1n) is 22.4. The van der Waals surface area contributed by atoms with Crippen LogP contribution in [0.4, 0.5) is 4.39 Å². The molecule has 1 aromatic carbocycles. The second-order valence-electron chi connectivity index (χ2n) is 19.9. The highest BCUT2D eigenvalue weighted by Crippen LogP contribution is 2.59. The second-order valence-corrected chi connectivity index (χ2v) is 22.4. The average Bonchev–Trinajstić information content (AvgIpc) is 4.13. The molecule has 4 saturated carbocycles. The zero-order valence-corrected chi connectivity index (χ0v) is 35.5. The minimum Gasteiger partial charge on any atom is -0.483 e. The molecule has 59 heavy (non-hydrogen) atoms. The zero-order valence-electron chi connectivity index (χ0n) is 34.7. The lowest BCUT2D eigenvalue weighted by Gasteiger charge is -2.37. The van der Waals surface area contributed by atoms with Crippen LogP contribution in [0.1, 0.15) is 153 Å². The molecular formula is C47H59FN2O8S. The van der Waals surface area contributed by atoms with Crippen LogP contribution in [-0.4, -0.2) is 76.0 Å². The molecule has 2 aromatic rings. The summed E-state index contributed by atoms with van der Waals surface area (Å²) < 4.78 is 54.3. The molecule has 5 fully saturated rings. The minimum absolute atomic E-state index is 0.0865. The SMILES string of the molecule is CC1(OC(=O)C[C@H]2CCCCC/C=C\[C@@H]3C[C@@]3(C(=O)CS(=O)(=O)C3(C)CC3)CC(=O)[C@@H]3C[C@]4(CCc5c(c(C6CC6)nc6c(F)cccc56)O4)CN3C2=O)CCCCC1. The lowest BCUT2D eigenvalue weighted by molar-refractivity contribution is -0.164. The number of halogens is 1. The third-order valence-corrected chi connectivity index (χ3v) is 17.8. The van der Waals surface area contributed by atoms with Crippen molar-refractivity contribution < 1.29 is 41.5 Å². The number of aromatic nitrogens is 1. The summed E-state index contributed by atoms with van der Waals surface area (Å²) in [4.78, 5) is 64.5. The molecule has 1 spiro atoms. The molecule has 1 amide bonds. The van der Waals surface area contributed by atoms with Gasteiger partial charge in [0.25, 0.3) is 0 Å². The van der Waals surface area contributed by atoms with Gasteiger partial charge in [0.2, 0.25) is 5.91 Å². The Kier molecular flexibility index (Phi) is 10.4. The fraction of sp³-hybridized carbons (Fsp3) is 0.681. The van der Waals surface area contributed by atoms with Crippen LogP contribution in [0, 0.1) is 23.1 Å². The van der Waals surface area contributed by atoms with Crippen molar-refractivity contribution >= 4 is 44.2 Å². The Morgan fingerprint density at radius 3 is 2.47 bits per heavy atom. The average molecular weight is 831 g/mol. The monoisotopic (exact) mass is 830 g/mol. The third kappa shape index (κ3) is 7.78. The van der Waals surface area contributed by atoms with E-state index < -0.39 is 60.7 Å². The van der Waals surface area contributed by atoms with Crippen molar-refractivity contribution in [2.75, 3.05) is 12.3 Å². The first kappa shape index (κ1) is 40.7. The molecule has 3 aliphatic heterocycles. The molecular weight excluding hydrogens is 772 g/mol. The van der Waals surface area contributed by atoms with Crippen LogP contribution in [0.5, 0.6) is 5.75 Å². The van der Waals surface area contributed by atoms with Crippen molar-refractivity contribution in [2.45, 2.75) is 170 Å². The molecule has 5 atom stereocenters. The smallest absolute Gasteiger partial charge is 0.307 e. The quantitative estimate of drug-likeness (QED) is 0.190. The standard InChI is InChI=1S/C47H59FN2O8S/c1-44(19-9-6-10-20-44)57-39(53)24-31-12-7-4-3-5-8-13-32-25-47(32,38(52)28-59(55,56)45(2)22-23-45)27-37(51)36-26-46(29-50(36)43(31)54)21-18-34-33-14-11-15-35(48)41(33)49-40(30-16-17-30)42(34)58-46/h8,11,13-15,30-32,36H,3-7,9-10,12,16-29H2,1-2H3/b13-8-/t31-,32-,36+,46-,47-/m1/s1.